The van der Waals surface area contributed by atoms with Gasteiger partial charge in [0.25, 0.3) is 10.2 Å². The van der Waals surface area contributed by atoms with Gasteiger partial charge in [-0.15, -0.1) is 0 Å². The van der Waals surface area contributed by atoms with Crippen LogP contribution in [0.25, 0.3) is 0 Å². The second-order valence-corrected chi connectivity index (χ2v) is 6.30. The molecule has 0 heterocycles. The molecule has 100 valence electrons. The molecule has 0 radical (unpaired) electrons. The molecule has 6 nitrogen and oxygen atoms in total. The summed E-state index contributed by atoms with van der Waals surface area (Å²) in [5, 5.41) is 8.75. The highest BCUT2D eigenvalue weighted by molar-refractivity contribution is 7.86. The van der Waals surface area contributed by atoms with E-state index in [-0.39, 0.29) is 12.1 Å². The van der Waals surface area contributed by atoms with Crippen LogP contribution in [0.3, 0.4) is 0 Å². The molecular weight excluding hydrogens is 256 g/mol. The van der Waals surface area contributed by atoms with Crippen molar-refractivity contribution in [1.29, 1.82) is 0 Å². The van der Waals surface area contributed by atoms with Crippen molar-refractivity contribution in [3.63, 3.8) is 0 Å². The minimum absolute atomic E-state index is 0.178. The third kappa shape index (κ3) is 3.28. The molecule has 0 aliphatic heterocycles. The van der Waals surface area contributed by atoms with Gasteiger partial charge in [-0.05, 0) is 17.7 Å². The Morgan fingerprint density at radius 1 is 1.17 bits per heavy atom. The molecule has 18 heavy (non-hydrogen) atoms. The van der Waals surface area contributed by atoms with Crippen LogP contribution in [-0.2, 0) is 16.8 Å². The zero-order valence-corrected chi connectivity index (χ0v) is 11.3. The van der Waals surface area contributed by atoms with Crippen LogP contribution in [0.5, 0.6) is 0 Å². The molecule has 1 aromatic rings. The number of nitrogens with zero attached hydrogens (tertiary/aromatic N) is 2. The van der Waals surface area contributed by atoms with E-state index in [1.165, 1.54) is 37.6 Å². The summed E-state index contributed by atoms with van der Waals surface area (Å²) in [6, 6.07) is 6.11. The van der Waals surface area contributed by atoms with Gasteiger partial charge in [0.2, 0.25) is 0 Å². The van der Waals surface area contributed by atoms with Gasteiger partial charge in [0.1, 0.15) is 0 Å². The average Bonchev–Trinajstić information content (AvgIpc) is 2.29. The van der Waals surface area contributed by atoms with E-state index < -0.39 is 16.2 Å². The van der Waals surface area contributed by atoms with Crippen molar-refractivity contribution in [2.45, 2.75) is 6.54 Å². The Balaban J connectivity index is 2.83. The van der Waals surface area contributed by atoms with Crippen molar-refractivity contribution >= 4 is 16.2 Å². The van der Waals surface area contributed by atoms with Crippen molar-refractivity contribution < 1.29 is 18.3 Å². The van der Waals surface area contributed by atoms with Crippen LogP contribution >= 0.6 is 0 Å². The summed E-state index contributed by atoms with van der Waals surface area (Å²) in [5.74, 6) is -1.00. The second kappa shape index (κ2) is 5.47. The fraction of sp³-hybridized carbons (Fsp3) is 0.364. The van der Waals surface area contributed by atoms with Gasteiger partial charge in [0.05, 0.1) is 5.56 Å². The first kappa shape index (κ1) is 14.6. The third-order valence-electron chi connectivity index (χ3n) is 2.46. The Bertz CT molecular complexity index is 522. The lowest BCUT2D eigenvalue weighted by atomic mass is 10.1. The van der Waals surface area contributed by atoms with E-state index >= 15 is 0 Å². The van der Waals surface area contributed by atoms with Gasteiger partial charge in [-0.2, -0.15) is 17.0 Å². The number of hydrogen-bond acceptors (Lipinski definition) is 3. The number of benzene rings is 1. The van der Waals surface area contributed by atoms with Gasteiger partial charge in [-0.1, -0.05) is 12.1 Å². The summed E-state index contributed by atoms with van der Waals surface area (Å²) in [6.07, 6.45) is 0. The number of carboxylic acid groups (broad SMARTS) is 1. The minimum Gasteiger partial charge on any atom is -0.478 e. The molecule has 1 aromatic carbocycles. The zero-order valence-electron chi connectivity index (χ0n) is 10.5. The van der Waals surface area contributed by atoms with Gasteiger partial charge < -0.3 is 5.11 Å². The molecule has 1 N–H and O–H groups in total. The number of aromatic carboxylic acids is 1. The number of carboxylic acids is 1. The molecule has 0 aliphatic carbocycles. The first-order chi connectivity index (χ1) is 8.25. The summed E-state index contributed by atoms with van der Waals surface area (Å²) < 4.78 is 25.9. The van der Waals surface area contributed by atoms with Crippen LogP contribution in [-0.4, -0.2) is 49.2 Å². The monoisotopic (exact) mass is 272 g/mol. The van der Waals surface area contributed by atoms with E-state index in [2.05, 4.69) is 0 Å². The Kier molecular flexibility index (Phi) is 4.44. The molecule has 1 rings (SSSR count). The largest absolute Gasteiger partial charge is 0.478 e. The standard InChI is InChI=1S/C11H16N2O4S/c1-12(2)18(16,17)13(3)8-9-4-6-10(7-5-9)11(14)15/h4-7H,8H2,1-3H3,(H,14,15). The molecule has 0 unspecified atom stereocenters. The lowest BCUT2D eigenvalue weighted by molar-refractivity contribution is 0.0697. The van der Waals surface area contributed by atoms with Gasteiger partial charge >= 0.3 is 5.97 Å². The first-order valence-corrected chi connectivity index (χ1v) is 6.61. The van der Waals surface area contributed by atoms with E-state index in [9.17, 15) is 13.2 Å². The highest BCUT2D eigenvalue weighted by Gasteiger charge is 2.20. The number of rotatable bonds is 5. The van der Waals surface area contributed by atoms with E-state index in [0.717, 1.165) is 9.87 Å². The molecular formula is C11H16N2O4S. The highest BCUT2D eigenvalue weighted by atomic mass is 32.2. The molecule has 0 saturated heterocycles. The van der Waals surface area contributed by atoms with Crippen LogP contribution in [0, 0.1) is 0 Å². The van der Waals surface area contributed by atoms with Crippen molar-refractivity contribution in [3.8, 4) is 0 Å². The molecule has 0 atom stereocenters. The van der Waals surface area contributed by atoms with E-state index in [0.29, 0.717) is 0 Å². The van der Waals surface area contributed by atoms with Gasteiger partial charge in [-0.3, -0.25) is 0 Å². The maximum absolute atomic E-state index is 11.8. The smallest absolute Gasteiger partial charge is 0.335 e. The van der Waals surface area contributed by atoms with E-state index in [4.69, 9.17) is 5.11 Å². The molecule has 0 saturated carbocycles. The lowest BCUT2D eigenvalue weighted by Gasteiger charge is -2.21. The topological polar surface area (TPSA) is 77.9 Å². The zero-order chi connectivity index (χ0) is 13.9. The Labute approximate surface area is 107 Å². The average molecular weight is 272 g/mol. The van der Waals surface area contributed by atoms with Crippen LogP contribution in [0.15, 0.2) is 24.3 Å². The third-order valence-corrected chi connectivity index (χ3v) is 4.30. The summed E-state index contributed by atoms with van der Waals surface area (Å²) in [7, 11) is 0.937. The van der Waals surface area contributed by atoms with Crippen molar-refractivity contribution in [2.24, 2.45) is 0 Å². The number of carbonyl (C=O) groups is 1. The predicted octanol–water partition coefficient (Wildman–Crippen LogP) is 0.623. The highest BCUT2D eigenvalue weighted by Crippen LogP contribution is 2.10. The van der Waals surface area contributed by atoms with Gasteiger partial charge in [-0.25, -0.2) is 4.79 Å². The van der Waals surface area contributed by atoms with Gasteiger partial charge in [0, 0.05) is 27.7 Å². The molecule has 0 aromatic heterocycles. The molecule has 0 fully saturated rings. The molecule has 0 spiro atoms. The summed E-state index contributed by atoms with van der Waals surface area (Å²) >= 11 is 0. The fourth-order valence-electron chi connectivity index (χ4n) is 1.37. The SMILES string of the molecule is CN(C)S(=O)(=O)N(C)Cc1ccc(C(=O)O)cc1. The molecule has 0 bridgehead atoms. The maximum Gasteiger partial charge on any atom is 0.335 e. The minimum atomic E-state index is -3.45. The van der Waals surface area contributed by atoms with Crippen molar-refractivity contribution in [3.05, 3.63) is 35.4 Å². The summed E-state index contributed by atoms with van der Waals surface area (Å²) in [4.78, 5) is 10.7. The van der Waals surface area contributed by atoms with Crippen LogP contribution in [0.1, 0.15) is 15.9 Å². The Hall–Kier alpha value is -1.44. The summed E-state index contributed by atoms with van der Waals surface area (Å²) in [5.41, 5.74) is 0.907. The molecule has 0 aliphatic rings. The van der Waals surface area contributed by atoms with Gasteiger partial charge in [0.15, 0.2) is 0 Å². The Morgan fingerprint density at radius 2 is 1.67 bits per heavy atom. The van der Waals surface area contributed by atoms with Crippen LogP contribution in [0.4, 0.5) is 0 Å². The predicted molar refractivity (Wildman–Crippen MR) is 67.5 cm³/mol. The Morgan fingerprint density at radius 3 is 2.06 bits per heavy atom. The van der Waals surface area contributed by atoms with Crippen molar-refractivity contribution in [2.75, 3.05) is 21.1 Å². The number of hydrogen-bond donors (Lipinski definition) is 1. The van der Waals surface area contributed by atoms with E-state index in [1.807, 2.05) is 0 Å². The van der Waals surface area contributed by atoms with Crippen LogP contribution in [0.2, 0.25) is 0 Å². The normalized spacial score (nSPS) is 12.1. The maximum atomic E-state index is 11.8. The fourth-order valence-corrected chi connectivity index (χ4v) is 2.24. The quantitative estimate of drug-likeness (QED) is 0.852. The first-order valence-electron chi connectivity index (χ1n) is 5.21. The molecule has 0 amide bonds. The lowest BCUT2D eigenvalue weighted by Crippen LogP contribution is -2.36. The van der Waals surface area contributed by atoms with Crippen LogP contribution < -0.4 is 0 Å². The van der Waals surface area contributed by atoms with Crippen molar-refractivity contribution in [1.82, 2.24) is 8.61 Å². The second-order valence-electron chi connectivity index (χ2n) is 4.05. The molecule has 7 heteroatoms. The van der Waals surface area contributed by atoms with E-state index in [1.54, 1.807) is 12.1 Å². The summed E-state index contributed by atoms with van der Waals surface area (Å²) in [6.45, 7) is 0.195.